The van der Waals surface area contributed by atoms with Gasteiger partial charge in [-0.25, -0.2) is 9.13 Å². The standard InChI is InChI=1S/C95H186O17P2/c1-8-10-11-12-13-14-15-16-17-18-19-20-21-25-31-36-41-48-55-62-69-76-92(97)105-82-90(111-94(99)78-71-64-57-49-42-37-32-26-23-22-24-30-35-40-47-54-61-68-75-88(7)9-2)84-109-113(101,102)107-80-89(96)81-108-114(103,104)110-85-91(83-106-93(98)77-70-63-56-51-44-46-53-60-67-74-87(5)6)112-95(100)79-72-65-58-50-43-38-33-28-27-29-34-39-45-52-59-66-73-86(3)4/h86-91,96H,8-85H2,1-7H3,(H,101,102)(H,103,104)/t88?,89-,90-,91-/m1/s1. The smallest absolute Gasteiger partial charge is 0.462 e. The summed E-state index contributed by atoms with van der Waals surface area (Å²) in [6.07, 6.45) is 79.3. The molecule has 0 aliphatic rings. The van der Waals surface area contributed by atoms with E-state index in [1.54, 1.807) is 0 Å². The minimum atomic E-state index is -4.97. The highest BCUT2D eigenvalue weighted by Crippen LogP contribution is 2.45. The van der Waals surface area contributed by atoms with Crippen molar-refractivity contribution in [3.63, 3.8) is 0 Å². The summed E-state index contributed by atoms with van der Waals surface area (Å²) in [5, 5.41) is 10.7. The van der Waals surface area contributed by atoms with Crippen LogP contribution in [-0.4, -0.2) is 96.7 Å². The van der Waals surface area contributed by atoms with Crippen LogP contribution in [0.1, 0.15) is 511 Å². The monoisotopic (exact) mass is 1660 g/mol. The summed E-state index contributed by atoms with van der Waals surface area (Å²) in [4.78, 5) is 73.6. The molecule has 0 saturated carbocycles. The van der Waals surface area contributed by atoms with Gasteiger partial charge in [0.05, 0.1) is 26.4 Å². The molecule has 0 fully saturated rings. The highest BCUT2D eigenvalue weighted by Gasteiger charge is 2.31. The summed E-state index contributed by atoms with van der Waals surface area (Å²) in [6.45, 7) is 12.1. The number of rotatable bonds is 93. The maximum atomic E-state index is 13.2. The molecule has 0 aromatic carbocycles. The van der Waals surface area contributed by atoms with Crippen molar-refractivity contribution >= 4 is 39.5 Å². The molecule has 0 radical (unpaired) electrons. The number of phosphoric ester groups is 2. The zero-order valence-electron chi connectivity index (χ0n) is 75.6. The largest absolute Gasteiger partial charge is 0.472 e. The van der Waals surface area contributed by atoms with Crippen LogP contribution in [-0.2, 0) is 65.4 Å². The molecular formula is C95H186O17P2. The van der Waals surface area contributed by atoms with Gasteiger partial charge in [-0.05, 0) is 43.4 Å². The van der Waals surface area contributed by atoms with E-state index >= 15 is 0 Å². The predicted molar refractivity (Wildman–Crippen MR) is 474 cm³/mol. The molecule has 3 unspecified atom stereocenters. The van der Waals surface area contributed by atoms with Crippen LogP contribution in [0.3, 0.4) is 0 Å². The second-order valence-corrected chi connectivity index (χ2v) is 38.2. The molecule has 3 N–H and O–H groups in total. The van der Waals surface area contributed by atoms with Crippen molar-refractivity contribution < 1.29 is 80.2 Å². The molecule has 6 atom stereocenters. The summed E-state index contributed by atoms with van der Waals surface area (Å²) in [7, 11) is -9.94. The van der Waals surface area contributed by atoms with E-state index < -0.39 is 97.5 Å². The Morgan fingerprint density at radius 2 is 0.447 bits per heavy atom. The SMILES string of the molecule is CCCCCCCCCCCCCCCCCCCCCCCC(=O)OC[C@H](COP(=O)(O)OC[C@@H](O)COP(=O)(O)OC[C@@H](COC(=O)CCCCCCCCCCCC(C)C)OC(=O)CCCCCCCCCCCCCCCCCCC(C)C)OC(=O)CCCCCCCCCCCCCCCCCCCCC(C)CC. The fraction of sp³-hybridized carbons (Fsp3) is 0.958. The Morgan fingerprint density at radius 3 is 0.667 bits per heavy atom. The van der Waals surface area contributed by atoms with Crippen LogP contribution in [0.15, 0.2) is 0 Å². The van der Waals surface area contributed by atoms with E-state index in [1.807, 2.05) is 0 Å². The predicted octanol–water partition coefficient (Wildman–Crippen LogP) is 29.6. The number of hydrogen-bond donors (Lipinski definition) is 3. The van der Waals surface area contributed by atoms with Crippen LogP contribution in [0, 0.1) is 17.8 Å². The van der Waals surface area contributed by atoms with Crippen molar-refractivity contribution in [3.8, 4) is 0 Å². The highest BCUT2D eigenvalue weighted by atomic mass is 31.2. The number of carbonyl (C=O) groups excluding carboxylic acids is 4. The first-order valence-corrected chi connectivity index (χ1v) is 51.9. The second-order valence-electron chi connectivity index (χ2n) is 35.3. The lowest BCUT2D eigenvalue weighted by atomic mass is 9.99. The van der Waals surface area contributed by atoms with Gasteiger partial charge in [0.25, 0.3) is 0 Å². The van der Waals surface area contributed by atoms with Gasteiger partial charge in [-0.1, -0.05) is 459 Å². The van der Waals surface area contributed by atoms with E-state index in [-0.39, 0.29) is 25.7 Å². The third kappa shape index (κ3) is 86.4. The van der Waals surface area contributed by atoms with E-state index in [2.05, 4.69) is 48.5 Å². The van der Waals surface area contributed by atoms with E-state index in [0.717, 1.165) is 108 Å². The topological polar surface area (TPSA) is 237 Å². The zero-order chi connectivity index (χ0) is 83.6. The zero-order valence-corrected chi connectivity index (χ0v) is 77.4. The number of phosphoric acid groups is 2. The van der Waals surface area contributed by atoms with E-state index in [1.165, 1.54) is 321 Å². The van der Waals surface area contributed by atoms with Gasteiger partial charge < -0.3 is 33.8 Å². The summed E-state index contributed by atoms with van der Waals surface area (Å²) < 4.78 is 69.2. The molecule has 0 bridgehead atoms. The third-order valence-electron chi connectivity index (χ3n) is 22.7. The van der Waals surface area contributed by atoms with Crippen LogP contribution in [0.25, 0.3) is 0 Å². The molecule has 0 aliphatic carbocycles. The van der Waals surface area contributed by atoms with E-state index in [9.17, 15) is 43.2 Å². The van der Waals surface area contributed by atoms with Crippen LogP contribution >= 0.6 is 15.6 Å². The Morgan fingerprint density at radius 1 is 0.254 bits per heavy atom. The lowest BCUT2D eigenvalue weighted by Gasteiger charge is -2.21. The average molecular weight is 1660 g/mol. The first kappa shape index (κ1) is 112. The number of esters is 4. The van der Waals surface area contributed by atoms with Crippen molar-refractivity contribution in [1.82, 2.24) is 0 Å². The lowest BCUT2D eigenvalue weighted by molar-refractivity contribution is -0.161. The van der Waals surface area contributed by atoms with Gasteiger partial charge in [-0.2, -0.15) is 0 Å². The third-order valence-corrected chi connectivity index (χ3v) is 24.6. The first-order valence-electron chi connectivity index (χ1n) is 48.9. The number of carbonyl (C=O) groups is 4. The molecule has 0 aliphatic heterocycles. The summed E-state index contributed by atoms with van der Waals surface area (Å²) in [5.41, 5.74) is 0. The van der Waals surface area contributed by atoms with Crippen molar-refractivity contribution in [3.05, 3.63) is 0 Å². The Labute approximate surface area is 702 Å². The Balaban J connectivity index is 5.24. The van der Waals surface area contributed by atoms with Crippen molar-refractivity contribution in [2.45, 2.75) is 529 Å². The van der Waals surface area contributed by atoms with Gasteiger partial charge in [0.15, 0.2) is 12.2 Å². The lowest BCUT2D eigenvalue weighted by Crippen LogP contribution is -2.30. The molecule has 19 heteroatoms. The fourth-order valence-corrected chi connectivity index (χ4v) is 16.5. The fourth-order valence-electron chi connectivity index (χ4n) is 14.9. The summed E-state index contributed by atoms with van der Waals surface area (Å²) in [5.74, 6) is 0.329. The van der Waals surface area contributed by atoms with Crippen LogP contribution < -0.4 is 0 Å². The normalized spacial score (nSPS) is 14.0. The van der Waals surface area contributed by atoms with Gasteiger partial charge in [0.2, 0.25) is 0 Å². The van der Waals surface area contributed by atoms with Gasteiger partial charge in [-0.15, -0.1) is 0 Å². The number of aliphatic hydroxyl groups is 1. The number of unbranched alkanes of at least 4 members (excludes halogenated alkanes) is 60. The van der Waals surface area contributed by atoms with Crippen molar-refractivity contribution in [2.24, 2.45) is 17.8 Å². The van der Waals surface area contributed by atoms with E-state index in [4.69, 9.17) is 37.0 Å². The highest BCUT2D eigenvalue weighted by molar-refractivity contribution is 7.47. The van der Waals surface area contributed by atoms with Crippen LogP contribution in [0.4, 0.5) is 0 Å². The molecule has 0 heterocycles. The molecule has 0 spiro atoms. The maximum absolute atomic E-state index is 13.2. The second kappa shape index (κ2) is 84.7. The molecule has 114 heavy (non-hydrogen) atoms. The summed E-state index contributed by atoms with van der Waals surface area (Å²) in [6, 6.07) is 0. The molecular weight excluding hydrogens is 1470 g/mol. The van der Waals surface area contributed by atoms with E-state index in [0.29, 0.717) is 25.7 Å². The molecule has 0 rings (SSSR count). The summed E-state index contributed by atoms with van der Waals surface area (Å²) >= 11 is 0. The number of aliphatic hydroxyl groups excluding tert-OH is 1. The maximum Gasteiger partial charge on any atom is 0.472 e. The minimum Gasteiger partial charge on any atom is -0.462 e. The minimum absolute atomic E-state index is 0.108. The Kier molecular flexibility index (Phi) is 83.2. The number of hydrogen-bond acceptors (Lipinski definition) is 15. The molecule has 678 valence electrons. The van der Waals surface area contributed by atoms with Crippen molar-refractivity contribution in [1.29, 1.82) is 0 Å². The molecule has 0 aromatic heterocycles. The molecule has 0 saturated heterocycles. The van der Waals surface area contributed by atoms with Crippen LogP contribution in [0.5, 0.6) is 0 Å². The van der Waals surface area contributed by atoms with Crippen LogP contribution in [0.2, 0.25) is 0 Å². The average Bonchev–Trinajstić information content (AvgIpc) is 0.900. The van der Waals surface area contributed by atoms with Gasteiger partial charge >= 0.3 is 39.5 Å². The Bertz CT molecular complexity index is 2190. The van der Waals surface area contributed by atoms with Crippen molar-refractivity contribution in [2.75, 3.05) is 39.6 Å². The molecule has 17 nitrogen and oxygen atoms in total. The first-order chi connectivity index (χ1) is 55.3. The number of ether oxygens (including phenoxy) is 4. The quantitative estimate of drug-likeness (QED) is 0.0222. The van der Waals surface area contributed by atoms with Gasteiger partial charge in [0, 0.05) is 25.7 Å². The molecule has 0 aromatic rings. The van der Waals surface area contributed by atoms with Gasteiger partial charge in [-0.3, -0.25) is 37.3 Å². The molecule has 0 amide bonds. The van der Waals surface area contributed by atoms with Gasteiger partial charge in [0.1, 0.15) is 19.3 Å². The Hall–Kier alpha value is -1.94.